The summed E-state index contributed by atoms with van der Waals surface area (Å²) in [6.45, 7) is 4.51. The molecule has 0 N–H and O–H groups in total. The van der Waals surface area contributed by atoms with Crippen molar-refractivity contribution in [1.82, 2.24) is 0 Å². The molecule has 0 aliphatic heterocycles. The molecule has 0 fully saturated rings. The molecular formula is C17H19FOS. The van der Waals surface area contributed by atoms with Crippen LogP contribution in [0.1, 0.15) is 25.8 Å². The van der Waals surface area contributed by atoms with Gasteiger partial charge in [-0.2, -0.15) is 0 Å². The van der Waals surface area contributed by atoms with E-state index >= 15 is 0 Å². The van der Waals surface area contributed by atoms with Gasteiger partial charge < -0.3 is 4.74 Å². The summed E-state index contributed by atoms with van der Waals surface area (Å²) in [4.78, 5) is 0.266. The van der Waals surface area contributed by atoms with E-state index in [9.17, 15) is 4.39 Å². The van der Waals surface area contributed by atoms with E-state index in [0.717, 1.165) is 18.4 Å². The molecule has 0 aliphatic carbocycles. The van der Waals surface area contributed by atoms with Crippen LogP contribution in [0.15, 0.2) is 41.3 Å². The van der Waals surface area contributed by atoms with Crippen molar-refractivity contribution < 1.29 is 9.13 Å². The molecule has 0 radical (unpaired) electrons. The fraction of sp³-hybridized carbons (Fsp3) is 0.294. The van der Waals surface area contributed by atoms with Crippen molar-refractivity contribution in [2.75, 3.05) is 6.61 Å². The third-order valence-electron chi connectivity index (χ3n) is 3.18. The predicted octanol–water partition coefficient (Wildman–Crippen LogP) is 5.13. The van der Waals surface area contributed by atoms with Gasteiger partial charge in [0.05, 0.1) is 11.5 Å². The Kier molecular flexibility index (Phi) is 5.07. The molecule has 0 atom stereocenters. The lowest BCUT2D eigenvalue weighted by molar-refractivity contribution is 0.328. The van der Waals surface area contributed by atoms with E-state index < -0.39 is 0 Å². The van der Waals surface area contributed by atoms with E-state index in [2.05, 4.69) is 19.6 Å². The Balaban J connectivity index is 2.35. The second-order valence-electron chi connectivity index (χ2n) is 4.65. The minimum absolute atomic E-state index is 0.266. The van der Waals surface area contributed by atoms with Crippen molar-refractivity contribution in [2.45, 2.75) is 31.6 Å². The molecule has 1 nitrogen and oxygen atoms in total. The zero-order chi connectivity index (χ0) is 14.5. The minimum atomic E-state index is -0.331. The molecule has 0 aliphatic rings. The van der Waals surface area contributed by atoms with Crippen LogP contribution in [-0.2, 0) is 6.42 Å². The van der Waals surface area contributed by atoms with Crippen molar-refractivity contribution in [2.24, 2.45) is 0 Å². The third-order valence-corrected chi connectivity index (χ3v) is 3.60. The maximum Gasteiger partial charge on any atom is 0.148 e. The first-order chi connectivity index (χ1) is 9.67. The number of benzene rings is 2. The quantitative estimate of drug-likeness (QED) is 0.751. The number of rotatable bonds is 5. The topological polar surface area (TPSA) is 9.23 Å². The molecule has 20 heavy (non-hydrogen) atoms. The fourth-order valence-electron chi connectivity index (χ4n) is 2.18. The van der Waals surface area contributed by atoms with Gasteiger partial charge in [-0.15, -0.1) is 12.6 Å². The van der Waals surface area contributed by atoms with Gasteiger partial charge in [0.25, 0.3) is 0 Å². The number of hydrogen-bond donors (Lipinski definition) is 1. The summed E-state index contributed by atoms with van der Waals surface area (Å²) in [7, 11) is 0. The van der Waals surface area contributed by atoms with Crippen LogP contribution >= 0.6 is 12.6 Å². The molecule has 2 aromatic carbocycles. The van der Waals surface area contributed by atoms with Gasteiger partial charge in [0.15, 0.2) is 0 Å². The van der Waals surface area contributed by atoms with Crippen molar-refractivity contribution in [3.05, 3.63) is 47.8 Å². The second kappa shape index (κ2) is 6.80. The molecule has 0 amide bonds. The Bertz CT molecular complexity index is 578. The van der Waals surface area contributed by atoms with Crippen LogP contribution in [0.2, 0.25) is 0 Å². The van der Waals surface area contributed by atoms with Crippen LogP contribution in [0.3, 0.4) is 0 Å². The highest BCUT2D eigenvalue weighted by Crippen LogP contribution is 2.33. The van der Waals surface area contributed by atoms with E-state index in [1.165, 1.54) is 5.56 Å². The van der Waals surface area contributed by atoms with E-state index in [0.29, 0.717) is 17.9 Å². The molecule has 0 unspecified atom stereocenters. The first-order valence-electron chi connectivity index (χ1n) is 6.91. The van der Waals surface area contributed by atoms with Crippen molar-refractivity contribution in [1.29, 1.82) is 0 Å². The Morgan fingerprint density at radius 3 is 2.35 bits per heavy atom. The smallest absolute Gasteiger partial charge is 0.148 e. The molecule has 0 saturated carbocycles. The number of ether oxygens (including phenoxy) is 1. The van der Waals surface area contributed by atoms with Gasteiger partial charge in [-0.3, -0.25) is 0 Å². The Hall–Kier alpha value is -1.48. The number of halogens is 1. The lowest BCUT2D eigenvalue weighted by Crippen LogP contribution is -1.96. The molecule has 0 aromatic heterocycles. The molecule has 0 saturated heterocycles. The fourth-order valence-corrected chi connectivity index (χ4v) is 2.44. The third kappa shape index (κ3) is 3.15. The van der Waals surface area contributed by atoms with Gasteiger partial charge in [-0.25, -0.2) is 4.39 Å². The predicted molar refractivity (Wildman–Crippen MR) is 84.3 cm³/mol. The second-order valence-corrected chi connectivity index (χ2v) is 5.10. The molecular weight excluding hydrogens is 271 g/mol. The molecule has 2 rings (SSSR count). The van der Waals surface area contributed by atoms with Gasteiger partial charge in [0.1, 0.15) is 11.6 Å². The first-order valence-corrected chi connectivity index (χ1v) is 7.35. The summed E-state index contributed by atoms with van der Waals surface area (Å²) in [6, 6.07) is 11.5. The largest absolute Gasteiger partial charge is 0.493 e. The Labute approximate surface area is 125 Å². The number of aryl methyl sites for hydroxylation is 1. The van der Waals surface area contributed by atoms with Crippen LogP contribution in [0.4, 0.5) is 4.39 Å². The van der Waals surface area contributed by atoms with Crippen LogP contribution in [0.25, 0.3) is 11.1 Å². The van der Waals surface area contributed by atoms with E-state index in [1.807, 2.05) is 31.2 Å². The average Bonchev–Trinajstić information content (AvgIpc) is 2.46. The summed E-state index contributed by atoms with van der Waals surface area (Å²) in [6.07, 6.45) is 2.15. The van der Waals surface area contributed by atoms with E-state index in [1.54, 1.807) is 12.1 Å². The highest BCUT2D eigenvalue weighted by atomic mass is 32.1. The first kappa shape index (κ1) is 14.9. The van der Waals surface area contributed by atoms with Gasteiger partial charge in [-0.05, 0) is 36.6 Å². The molecule has 2 aromatic rings. The van der Waals surface area contributed by atoms with Crippen molar-refractivity contribution >= 4 is 12.6 Å². The monoisotopic (exact) mass is 290 g/mol. The van der Waals surface area contributed by atoms with Crippen LogP contribution in [0.5, 0.6) is 5.75 Å². The lowest BCUT2D eigenvalue weighted by atomic mass is 10.0. The van der Waals surface area contributed by atoms with Crippen LogP contribution in [0, 0.1) is 5.82 Å². The molecule has 0 bridgehead atoms. The normalized spacial score (nSPS) is 10.6. The molecule has 3 heteroatoms. The van der Waals surface area contributed by atoms with E-state index in [-0.39, 0.29) is 10.7 Å². The maximum atomic E-state index is 14.4. The summed E-state index contributed by atoms with van der Waals surface area (Å²) in [5.74, 6) is 0.155. The molecule has 0 heterocycles. The summed E-state index contributed by atoms with van der Waals surface area (Å²) < 4.78 is 19.7. The average molecular weight is 290 g/mol. The van der Waals surface area contributed by atoms with Gasteiger partial charge in [-0.1, -0.05) is 37.6 Å². The number of hydrogen-bond acceptors (Lipinski definition) is 2. The van der Waals surface area contributed by atoms with Gasteiger partial charge >= 0.3 is 0 Å². The summed E-state index contributed by atoms with van der Waals surface area (Å²) >= 11 is 4.22. The molecule has 0 spiro atoms. The minimum Gasteiger partial charge on any atom is -0.493 e. The zero-order valence-corrected chi connectivity index (χ0v) is 12.7. The SMILES string of the molecule is CCCc1ccc(-c2ccc(OCC)c(S)c2F)cc1. The van der Waals surface area contributed by atoms with Crippen molar-refractivity contribution in [3.63, 3.8) is 0 Å². The highest BCUT2D eigenvalue weighted by Gasteiger charge is 2.12. The lowest BCUT2D eigenvalue weighted by Gasteiger charge is -2.11. The summed E-state index contributed by atoms with van der Waals surface area (Å²) in [5, 5.41) is 0. The maximum absolute atomic E-state index is 14.4. The van der Waals surface area contributed by atoms with Gasteiger partial charge in [0, 0.05) is 5.56 Å². The Morgan fingerprint density at radius 2 is 1.75 bits per heavy atom. The number of thiol groups is 1. The van der Waals surface area contributed by atoms with Gasteiger partial charge in [0.2, 0.25) is 0 Å². The standard InChI is InChI=1S/C17H19FOS/c1-3-5-12-6-8-13(9-7-12)14-10-11-15(19-4-2)17(20)16(14)18/h6-11,20H,3-5H2,1-2H3. The molecule has 106 valence electrons. The Morgan fingerprint density at radius 1 is 1.05 bits per heavy atom. The van der Waals surface area contributed by atoms with Crippen LogP contribution in [-0.4, -0.2) is 6.61 Å². The van der Waals surface area contributed by atoms with E-state index in [4.69, 9.17) is 4.74 Å². The highest BCUT2D eigenvalue weighted by molar-refractivity contribution is 7.80. The van der Waals surface area contributed by atoms with Crippen LogP contribution < -0.4 is 4.74 Å². The van der Waals surface area contributed by atoms with Crippen molar-refractivity contribution in [3.8, 4) is 16.9 Å². The summed E-state index contributed by atoms with van der Waals surface area (Å²) in [5.41, 5.74) is 2.69. The zero-order valence-electron chi connectivity index (χ0n) is 11.8.